The van der Waals surface area contributed by atoms with Crippen molar-refractivity contribution in [2.24, 2.45) is 0 Å². The highest BCUT2D eigenvalue weighted by molar-refractivity contribution is 7.80. The number of benzene rings is 2. The predicted octanol–water partition coefficient (Wildman–Crippen LogP) is 2.85. The van der Waals surface area contributed by atoms with Crippen LogP contribution in [0, 0.1) is 0 Å². The fourth-order valence-electron chi connectivity index (χ4n) is 3.12. The molecule has 0 bridgehead atoms. The Morgan fingerprint density at radius 2 is 1.81 bits per heavy atom. The largest absolute Gasteiger partial charge is 0.497 e. The van der Waals surface area contributed by atoms with Crippen LogP contribution in [0.4, 0.5) is 11.4 Å². The highest BCUT2D eigenvalue weighted by Crippen LogP contribution is 2.28. The molecule has 0 spiro atoms. The van der Waals surface area contributed by atoms with Gasteiger partial charge in [0.2, 0.25) is 5.91 Å². The molecule has 1 N–H and O–H groups in total. The second-order valence-corrected chi connectivity index (χ2v) is 7.45. The van der Waals surface area contributed by atoms with Gasteiger partial charge in [-0.05, 0) is 60.7 Å². The molecule has 2 aromatic carbocycles. The third-order valence-corrected chi connectivity index (χ3v) is 5.30. The number of imide groups is 1. The molecule has 0 saturated carbocycles. The molecule has 1 saturated heterocycles. The number of rotatable bonds is 6. The zero-order valence-corrected chi connectivity index (χ0v) is 18.4. The van der Waals surface area contributed by atoms with Crippen LogP contribution in [0.15, 0.2) is 48.5 Å². The van der Waals surface area contributed by atoms with Crippen molar-refractivity contribution in [3.63, 3.8) is 0 Å². The number of hydrogen-bond acceptors (Lipinski definition) is 6. The minimum Gasteiger partial charge on any atom is -0.497 e. The number of ether oxygens (including phenoxy) is 2. The van der Waals surface area contributed by atoms with Crippen LogP contribution < -0.4 is 15.0 Å². The van der Waals surface area contributed by atoms with Crippen molar-refractivity contribution in [3.8, 4) is 5.75 Å². The quantitative estimate of drug-likeness (QED) is 0.399. The standard InChI is InChI=1S/C21H20ClN3O5S/c1-29-16-9-7-15(8-10-16)25-18(26)11-17(20(25)28)24(12-19(27)30-2)21(31)23-14-5-3-13(22)4-6-14/h3-10,17H,11-12H2,1-2H3,(H,23,31)/t17-/m0/s1. The highest BCUT2D eigenvalue weighted by Gasteiger charge is 2.44. The summed E-state index contributed by atoms with van der Waals surface area (Å²) in [4.78, 5) is 40.3. The maximum Gasteiger partial charge on any atom is 0.325 e. The van der Waals surface area contributed by atoms with Gasteiger partial charge >= 0.3 is 5.97 Å². The Morgan fingerprint density at radius 3 is 2.39 bits per heavy atom. The van der Waals surface area contributed by atoms with Crippen molar-refractivity contribution in [2.45, 2.75) is 12.5 Å². The monoisotopic (exact) mass is 461 g/mol. The summed E-state index contributed by atoms with van der Waals surface area (Å²) in [7, 11) is 2.76. The van der Waals surface area contributed by atoms with Crippen LogP contribution in [0.25, 0.3) is 0 Å². The first kappa shape index (κ1) is 22.5. The maximum atomic E-state index is 13.2. The van der Waals surface area contributed by atoms with Crippen LogP contribution in [-0.2, 0) is 19.1 Å². The van der Waals surface area contributed by atoms with E-state index in [-0.39, 0.29) is 18.1 Å². The lowest BCUT2D eigenvalue weighted by Crippen LogP contribution is -2.49. The van der Waals surface area contributed by atoms with Crippen molar-refractivity contribution in [1.82, 2.24) is 4.90 Å². The molecule has 2 aromatic rings. The molecular formula is C21H20ClN3O5S. The molecule has 0 aliphatic carbocycles. The molecule has 1 aliphatic heterocycles. The van der Waals surface area contributed by atoms with Gasteiger partial charge in [0.15, 0.2) is 5.11 Å². The average molecular weight is 462 g/mol. The van der Waals surface area contributed by atoms with Gasteiger partial charge in [0, 0.05) is 10.7 Å². The average Bonchev–Trinajstić information content (AvgIpc) is 3.07. The summed E-state index contributed by atoms with van der Waals surface area (Å²) in [5.74, 6) is -0.882. The van der Waals surface area contributed by atoms with E-state index in [9.17, 15) is 14.4 Å². The van der Waals surface area contributed by atoms with Crippen LogP contribution in [0.3, 0.4) is 0 Å². The summed E-state index contributed by atoms with van der Waals surface area (Å²) in [5, 5.41) is 3.63. The second-order valence-electron chi connectivity index (χ2n) is 6.63. The molecule has 1 fully saturated rings. The lowest BCUT2D eigenvalue weighted by Gasteiger charge is -2.29. The van der Waals surface area contributed by atoms with Gasteiger partial charge in [-0.25, -0.2) is 4.90 Å². The van der Waals surface area contributed by atoms with E-state index < -0.39 is 23.8 Å². The normalized spacial score (nSPS) is 15.6. The maximum absolute atomic E-state index is 13.2. The third kappa shape index (κ3) is 5.12. The number of carbonyl (C=O) groups is 3. The van der Waals surface area contributed by atoms with Crippen LogP contribution in [0.1, 0.15) is 6.42 Å². The summed E-state index contributed by atoms with van der Waals surface area (Å²) >= 11 is 11.4. The number of nitrogens with zero attached hydrogens (tertiary/aromatic N) is 2. The van der Waals surface area contributed by atoms with Crippen LogP contribution in [-0.4, -0.2) is 54.6 Å². The minimum absolute atomic E-state index is 0.107. The molecule has 0 radical (unpaired) electrons. The van der Waals surface area contributed by atoms with E-state index in [4.69, 9.17) is 33.3 Å². The van der Waals surface area contributed by atoms with Gasteiger partial charge < -0.3 is 19.7 Å². The number of hydrogen-bond donors (Lipinski definition) is 1. The zero-order chi connectivity index (χ0) is 22.5. The fourth-order valence-corrected chi connectivity index (χ4v) is 3.55. The Kier molecular flexibility index (Phi) is 7.09. The van der Waals surface area contributed by atoms with Gasteiger partial charge in [0.25, 0.3) is 5.91 Å². The lowest BCUT2D eigenvalue weighted by molar-refractivity contribution is -0.141. The molecular weight excluding hydrogens is 442 g/mol. The summed E-state index contributed by atoms with van der Waals surface area (Å²) in [6.45, 7) is -0.296. The molecule has 1 atom stereocenters. The number of anilines is 2. The fraction of sp³-hybridized carbons (Fsp3) is 0.238. The SMILES string of the molecule is COC(=O)CN(C(=S)Nc1ccc(Cl)cc1)[C@H]1CC(=O)N(c2ccc(OC)cc2)C1=O. The first-order chi connectivity index (χ1) is 14.8. The summed E-state index contributed by atoms with van der Waals surface area (Å²) in [5.41, 5.74) is 1.03. The van der Waals surface area contributed by atoms with Crippen molar-refractivity contribution >= 4 is 58.1 Å². The van der Waals surface area contributed by atoms with Crippen LogP contribution >= 0.6 is 23.8 Å². The molecule has 3 rings (SSSR count). The number of thiocarbonyl (C=S) groups is 1. The summed E-state index contributed by atoms with van der Waals surface area (Å²) < 4.78 is 9.86. The Hall–Kier alpha value is -3.17. The molecule has 0 unspecified atom stereocenters. The lowest BCUT2D eigenvalue weighted by atomic mass is 10.2. The van der Waals surface area contributed by atoms with E-state index in [0.717, 1.165) is 4.90 Å². The van der Waals surface area contributed by atoms with Crippen LogP contribution in [0.2, 0.25) is 5.02 Å². The number of amides is 2. The molecule has 162 valence electrons. The van der Waals surface area contributed by atoms with E-state index >= 15 is 0 Å². The summed E-state index contributed by atoms with van der Waals surface area (Å²) in [6.07, 6.45) is -0.135. The van der Waals surface area contributed by atoms with E-state index in [1.807, 2.05) is 0 Å². The van der Waals surface area contributed by atoms with Gasteiger partial charge in [-0.3, -0.25) is 14.4 Å². The van der Waals surface area contributed by atoms with E-state index in [2.05, 4.69) is 5.32 Å². The van der Waals surface area contributed by atoms with Gasteiger partial charge in [0.1, 0.15) is 18.3 Å². The van der Waals surface area contributed by atoms with Crippen molar-refractivity contribution in [1.29, 1.82) is 0 Å². The molecule has 2 amide bonds. The number of nitrogens with one attached hydrogen (secondary N) is 1. The highest BCUT2D eigenvalue weighted by atomic mass is 35.5. The number of esters is 1. The second kappa shape index (κ2) is 9.76. The summed E-state index contributed by atoms with van der Waals surface area (Å²) in [6, 6.07) is 12.3. The van der Waals surface area contributed by atoms with Crippen LogP contribution in [0.5, 0.6) is 5.75 Å². The van der Waals surface area contributed by atoms with Crippen molar-refractivity contribution in [2.75, 3.05) is 31.0 Å². The van der Waals surface area contributed by atoms with Gasteiger partial charge in [-0.1, -0.05) is 11.6 Å². The van der Waals surface area contributed by atoms with Gasteiger partial charge in [-0.15, -0.1) is 0 Å². The molecule has 8 nitrogen and oxygen atoms in total. The Balaban J connectivity index is 1.85. The number of methoxy groups -OCH3 is 2. The van der Waals surface area contributed by atoms with E-state index in [0.29, 0.717) is 22.1 Å². The molecule has 10 heteroatoms. The molecule has 31 heavy (non-hydrogen) atoms. The van der Waals surface area contributed by atoms with Gasteiger partial charge in [0.05, 0.1) is 26.3 Å². The number of halogens is 1. The smallest absolute Gasteiger partial charge is 0.325 e. The number of carbonyl (C=O) groups excluding carboxylic acids is 3. The topological polar surface area (TPSA) is 88.2 Å². The van der Waals surface area contributed by atoms with Crippen molar-refractivity contribution < 1.29 is 23.9 Å². The van der Waals surface area contributed by atoms with E-state index in [1.54, 1.807) is 48.5 Å². The Bertz CT molecular complexity index is 997. The first-order valence-corrected chi connectivity index (χ1v) is 10.0. The minimum atomic E-state index is -0.957. The molecule has 1 heterocycles. The molecule has 1 aliphatic rings. The first-order valence-electron chi connectivity index (χ1n) is 9.25. The zero-order valence-electron chi connectivity index (χ0n) is 16.8. The predicted molar refractivity (Wildman–Crippen MR) is 120 cm³/mol. The van der Waals surface area contributed by atoms with Crippen molar-refractivity contribution in [3.05, 3.63) is 53.6 Å². The Labute approximate surface area is 189 Å². The van der Waals surface area contributed by atoms with E-state index in [1.165, 1.54) is 19.1 Å². The molecule has 0 aromatic heterocycles. The Morgan fingerprint density at radius 1 is 1.16 bits per heavy atom. The third-order valence-electron chi connectivity index (χ3n) is 4.71. The van der Waals surface area contributed by atoms with Gasteiger partial charge in [-0.2, -0.15) is 0 Å².